The average molecular weight is 195 g/mol. The molecule has 1 atom stereocenters. The highest BCUT2D eigenvalue weighted by atomic mass is 16.4. The van der Waals surface area contributed by atoms with E-state index in [4.69, 9.17) is 5.11 Å². The Morgan fingerprint density at radius 1 is 1.50 bits per heavy atom. The molecule has 0 spiro atoms. The van der Waals surface area contributed by atoms with Crippen molar-refractivity contribution in [3.8, 4) is 11.8 Å². The van der Waals surface area contributed by atoms with E-state index in [1.807, 2.05) is 0 Å². The number of carboxylic acid groups (broad SMARTS) is 1. The Morgan fingerprint density at radius 3 is 2.79 bits per heavy atom. The molecule has 0 saturated carbocycles. The van der Waals surface area contributed by atoms with Crippen molar-refractivity contribution in [2.75, 3.05) is 13.1 Å². The zero-order valence-electron chi connectivity index (χ0n) is 8.12. The highest BCUT2D eigenvalue weighted by molar-refractivity contribution is 5.93. The number of piperidine rings is 1. The zero-order valence-corrected chi connectivity index (χ0v) is 8.12. The lowest BCUT2D eigenvalue weighted by Gasteiger charge is -2.28. The number of carboxylic acids is 1. The van der Waals surface area contributed by atoms with Gasteiger partial charge in [-0.05, 0) is 25.7 Å². The van der Waals surface area contributed by atoms with Gasteiger partial charge in [-0.3, -0.25) is 9.59 Å². The molecule has 14 heavy (non-hydrogen) atoms. The Kier molecular flexibility index (Phi) is 3.52. The number of carbonyl (C=O) groups is 2. The molecular formula is C10H13NO3. The summed E-state index contributed by atoms with van der Waals surface area (Å²) in [4.78, 5) is 23.5. The number of likely N-dealkylation sites (tertiary alicyclic amines) is 1. The van der Waals surface area contributed by atoms with Crippen molar-refractivity contribution >= 4 is 11.9 Å². The van der Waals surface area contributed by atoms with Crippen LogP contribution in [0.2, 0.25) is 0 Å². The molecule has 1 N–H and O–H groups in total. The Labute approximate surface area is 82.9 Å². The van der Waals surface area contributed by atoms with Gasteiger partial charge in [-0.1, -0.05) is 5.92 Å². The molecule has 1 aliphatic heterocycles. The molecule has 1 aliphatic rings. The van der Waals surface area contributed by atoms with E-state index < -0.39 is 11.9 Å². The van der Waals surface area contributed by atoms with Crippen LogP contribution >= 0.6 is 0 Å². The molecule has 0 radical (unpaired) electrons. The van der Waals surface area contributed by atoms with Crippen LogP contribution in [0.25, 0.3) is 0 Å². The summed E-state index contributed by atoms with van der Waals surface area (Å²) in [7, 11) is 0. The third-order valence-electron chi connectivity index (χ3n) is 2.29. The Bertz CT molecular complexity index is 300. The molecule has 0 aromatic rings. The lowest BCUT2D eigenvalue weighted by molar-refractivity contribution is -0.144. The highest BCUT2D eigenvalue weighted by Gasteiger charge is 2.27. The van der Waals surface area contributed by atoms with Gasteiger partial charge in [0.2, 0.25) is 0 Å². The number of rotatable bonds is 1. The number of aliphatic carboxylic acids is 1. The van der Waals surface area contributed by atoms with Crippen molar-refractivity contribution < 1.29 is 14.7 Å². The monoisotopic (exact) mass is 195 g/mol. The van der Waals surface area contributed by atoms with Crippen molar-refractivity contribution in [1.82, 2.24) is 4.90 Å². The molecule has 0 aliphatic carbocycles. The molecule has 1 fully saturated rings. The van der Waals surface area contributed by atoms with Crippen LogP contribution in [0.4, 0.5) is 0 Å². The molecule has 0 aromatic heterocycles. The summed E-state index contributed by atoms with van der Waals surface area (Å²) in [6.45, 7) is 2.51. The summed E-state index contributed by atoms with van der Waals surface area (Å²) in [5, 5.41) is 8.79. The van der Waals surface area contributed by atoms with Gasteiger partial charge in [-0.25, -0.2) is 0 Å². The fraction of sp³-hybridized carbons (Fsp3) is 0.600. The molecular weight excluding hydrogens is 182 g/mol. The topological polar surface area (TPSA) is 57.6 Å². The first-order valence-electron chi connectivity index (χ1n) is 4.59. The first-order chi connectivity index (χ1) is 6.65. The van der Waals surface area contributed by atoms with Crippen molar-refractivity contribution in [3.63, 3.8) is 0 Å². The summed E-state index contributed by atoms with van der Waals surface area (Å²) in [6.07, 6.45) is 1.40. The lowest BCUT2D eigenvalue weighted by Crippen LogP contribution is -2.41. The first kappa shape index (κ1) is 10.6. The van der Waals surface area contributed by atoms with Gasteiger partial charge in [0, 0.05) is 13.1 Å². The fourth-order valence-corrected chi connectivity index (χ4v) is 1.55. The summed E-state index contributed by atoms with van der Waals surface area (Å²) >= 11 is 0. The molecule has 0 bridgehead atoms. The van der Waals surface area contributed by atoms with Gasteiger partial charge in [-0.15, -0.1) is 0 Å². The first-order valence-corrected chi connectivity index (χ1v) is 4.59. The molecule has 4 nitrogen and oxygen atoms in total. The Morgan fingerprint density at radius 2 is 2.21 bits per heavy atom. The van der Waals surface area contributed by atoms with Crippen LogP contribution in [0.15, 0.2) is 0 Å². The van der Waals surface area contributed by atoms with Gasteiger partial charge in [-0.2, -0.15) is 0 Å². The third-order valence-corrected chi connectivity index (χ3v) is 2.29. The van der Waals surface area contributed by atoms with E-state index in [0.29, 0.717) is 19.5 Å². The zero-order chi connectivity index (χ0) is 10.6. The van der Waals surface area contributed by atoms with E-state index in [2.05, 4.69) is 11.8 Å². The largest absolute Gasteiger partial charge is 0.481 e. The van der Waals surface area contributed by atoms with Crippen LogP contribution in [-0.2, 0) is 9.59 Å². The minimum atomic E-state index is -0.827. The number of carbonyl (C=O) groups excluding carboxylic acids is 1. The van der Waals surface area contributed by atoms with Crippen LogP contribution in [0.1, 0.15) is 19.8 Å². The predicted molar refractivity (Wildman–Crippen MR) is 50.4 cm³/mol. The van der Waals surface area contributed by atoms with E-state index in [1.54, 1.807) is 6.92 Å². The average Bonchev–Trinajstić information content (AvgIpc) is 2.18. The number of hydrogen-bond acceptors (Lipinski definition) is 2. The minimum Gasteiger partial charge on any atom is -0.481 e. The summed E-state index contributed by atoms with van der Waals surface area (Å²) < 4.78 is 0. The van der Waals surface area contributed by atoms with Crippen molar-refractivity contribution in [2.24, 2.45) is 5.92 Å². The highest BCUT2D eigenvalue weighted by Crippen LogP contribution is 2.16. The molecule has 1 saturated heterocycles. The maximum atomic E-state index is 11.3. The van der Waals surface area contributed by atoms with Crippen molar-refractivity contribution in [3.05, 3.63) is 0 Å². The molecule has 76 valence electrons. The quantitative estimate of drug-likeness (QED) is 0.613. The Hall–Kier alpha value is -1.50. The minimum absolute atomic E-state index is 0.265. The van der Waals surface area contributed by atoms with Gasteiger partial charge in [0.25, 0.3) is 5.91 Å². The van der Waals surface area contributed by atoms with Crippen LogP contribution in [0.3, 0.4) is 0 Å². The smallest absolute Gasteiger partial charge is 0.308 e. The maximum Gasteiger partial charge on any atom is 0.308 e. The summed E-state index contributed by atoms with van der Waals surface area (Å²) in [5.74, 6) is 3.42. The van der Waals surface area contributed by atoms with Gasteiger partial charge < -0.3 is 10.0 Å². The van der Waals surface area contributed by atoms with Gasteiger partial charge >= 0.3 is 5.97 Å². The van der Waals surface area contributed by atoms with Crippen LogP contribution in [-0.4, -0.2) is 35.0 Å². The van der Waals surface area contributed by atoms with E-state index in [9.17, 15) is 9.59 Å². The van der Waals surface area contributed by atoms with E-state index in [-0.39, 0.29) is 5.91 Å². The molecule has 1 rings (SSSR count). The van der Waals surface area contributed by atoms with Crippen LogP contribution in [0, 0.1) is 17.8 Å². The van der Waals surface area contributed by atoms with Crippen molar-refractivity contribution in [2.45, 2.75) is 19.8 Å². The predicted octanol–water partition coefficient (Wildman–Crippen LogP) is 0.333. The van der Waals surface area contributed by atoms with Crippen molar-refractivity contribution in [1.29, 1.82) is 0 Å². The second kappa shape index (κ2) is 4.66. The van der Waals surface area contributed by atoms with E-state index in [0.717, 1.165) is 6.42 Å². The maximum absolute atomic E-state index is 11.3. The molecule has 4 heteroatoms. The van der Waals surface area contributed by atoms with Gasteiger partial charge in [0.1, 0.15) is 0 Å². The van der Waals surface area contributed by atoms with Crippen LogP contribution in [0.5, 0.6) is 0 Å². The number of amides is 1. The SMILES string of the molecule is CC#CC(=O)N1CCC[C@H](C(=O)O)C1. The number of hydrogen-bond donors (Lipinski definition) is 1. The second-order valence-electron chi connectivity index (χ2n) is 3.30. The number of nitrogens with zero attached hydrogens (tertiary/aromatic N) is 1. The molecule has 0 aromatic carbocycles. The van der Waals surface area contributed by atoms with Gasteiger partial charge in [0.05, 0.1) is 5.92 Å². The standard InChI is InChI=1S/C10H13NO3/c1-2-4-9(12)11-6-3-5-8(7-11)10(13)14/h8H,3,5-7H2,1H3,(H,13,14)/t8-/m0/s1. The summed E-state index contributed by atoms with van der Waals surface area (Å²) in [6, 6.07) is 0. The lowest BCUT2D eigenvalue weighted by atomic mass is 9.98. The molecule has 1 heterocycles. The third kappa shape index (κ3) is 2.49. The second-order valence-corrected chi connectivity index (χ2v) is 3.30. The normalized spacial score (nSPS) is 20.9. The van der Waals surface area contributed by atoms with E-state index in [1.165, 1.54) is 4.90 Å². The Balaban J connectivity index is 2.58. The summed E-state index contributed by atoms with van der Waals surface area (Å²) in [5.41, 5.74) is 0. The van der Waals surface area contributed by atoms with Gasteiger partial charge in [0.15, 0.2) is 0 Å². The van der Waals surface area contributed by atoms with Crippen LogP contribution < -0.4 is 0 Å². The molecule has 1 amide bonds. The fourth-order valence-electron chi connectivity index (χ4n) is 1.55. The van der Waals surface area contributed by atoms with E-state index >= 15 is 0 Å². The molecule has 0 unspecified atom stereocenters.